The standard InChI is InChI=1S/C13H20N2O4S2/c1-9-10(7-20-12(9)21(14,17)18)11(16)15-8-13(2)3-5-19-6-4-13/h7H,3-6,8H2,1-2H3,(H,15,16)(H2,14,17,18). The molecule has 3 N–H and O–H groups in total. The number of carbonyl (C=O) groups excluding carboxylic acids is 1. The molecule has 0 atom stereocenters. The average molecular weight is 332 g/mol. The lowest BCUT2D eigenvalue weighted by Crippen LogP contribution is -2.39. The van der Waals surface area contributed by atoms with Gasteiger partial charge in [0.15, 0.2) is 0 Å². The molecular formula is C13H20N2O4S2. The summed E-state index contributed by atoms with van der Waals surface area (Å²) < 4.78 is 28.1. The van der Waals surface area contributed by atoms with Gasteiger partial charge in [-0.15, -0.1) is 11.3 Å². The Morgan fingerprint density at radius 3 is 2.62 bits per heavy atom. The summed E-state index contributed by atoms with van der Waals surface area (Å²) >= 11 is 0.978. The molecule has 0 spiro atoms. The zero-order valence-corrected chi connectivity index (χ0v) is 13.8. The van der Waals surface area contributed by atoms with Crippen molar-refractivity contribution in [3.8, 4) is 0 Å². The minimum absolute atomic E-state index is 0.0284. The van der Waals surface area contributed by atoms with Crippen LogP contribution in [0, 0.1) is 12.3 Å². The number of nitrogens with one attached hydrogen (secondary N) is 1. The molecule has 0 radical (unpaired) electrons. The SMILES string of the molecule is Cc1c(C(=O)NCC2(C)CCOCC2)csc1S(N)(=O)=O. The molecule has 2 heterocycles. The first-order valence-electron chi connectivity index (χ1n) is 6.70. The molecule has 2 rings (SSSR count). The summed E-state index contributed by atoms with van der Waals surface area (Å²) in [6, 6.07) is 0. The Labute approximate surface area is 128 Å². The summed E-state index contributed by atoms with van der Waals surface area (Å²) in [6.45, 7) is 5.68. The van der Waals surface area contributed by atoms with E-state index in [1.807, 2.05) is 0 Å². The first-order valence-corrected chi connectivity index (χ1v) is 9.12. The highest BCUT2D eigenvalue weighted by atomic mass is 32.2. The van der Waals surface area contributed by atoms with Crippen LogP contribution in [-0.4, -0.2) is 34.1 Å². The van der Waals surface area contributed by atoms with E-state index in [1.165, 1.54) is 5.38 Å². The number of hydrogen-bond acceptors (Lipinski definition) is 5. The number of ether oxygens (including phenoxy) is 1. The Morgan fingerprint density at radius 1 is 1.48 bits per heavy atom. The van der Waals surface area contributed by atoms with Crippen LogP contribution in [0.4, 0.5) is 0 Å². The van der Waals surface area contributed by atoms with E-state index in [-0.39, 0.29) is 15.5 Å². The first-order chi connectivity index (χ1) is 9.73. The van der Waals surface area contributed by atoms with Crippen molar-refractivity contribution in [3.63, 3.8) is 0 Å². The normalized spacial score (nSPS) is 18.4. The average Bonchev–Trinajstić information content (AvgIpc) is 2.79. The van der Waals surface area contributed by atoms with E-state index in [9.17, 15) is 13.2 Å². The number of thiophene rings is 1. The third kappa shape index (κ3) is 3.82. The minimum atomic E-state index is -3.77. The Balaban J connectivity index is 2.06. The van der Waals surface area contributed by atoms with Gasteiger partial charge in [-0.05, 0) is 30.7 Å². The van der Waals surface area contributed by atoms with Crippen LogP contribution in [0.5, 0.6) is 0 Å². The van der Waals surface area contributed by atoms with Crippen molar-refractivity contribution in [2.75, 3.05) is 19.8 Å². The highest BCUT2D eigenvalue weighted by molar-refractivity contribution is 7.91. The second-order valence-electron chi connectivity index (χ2n) is 5.71. The predicted octanol–water partition coefficient (Wildman–Crippen LogP) is 1.25. The lowest BCUT2D eigenvalue weighted by molar-refractivity contribution is 0.0238. The summed E-state index contributed by atoms with van der Waals surface area (Å²) in [7, 11) is -3.77. The van der Waals surface area contributed by atoms with Crippen molar-refractivity contribution in [2.24, 2.45) is 10.6 Å². The Bertz CT molecular complexity index is 631. The van der Waals surface area contributed by atoms with E-state index < -0.39 is 10.0 Å². The van der Waals surface area contributed by atoms with Crippen molar-refractivity contribution in [1.82, 2.24) is 5.32 Å². The highest BCUT2D eigenvalue weighted by Gasteiger charge is 2.28. The predicted molar refractivity (Wildman–Crippen MR) is 80.9 cm³/mol. The maximum Gasteiger partial charge on any atom is 0.252 e. The van der Waals surface area contributed by atoms with Crippen LogP contribution >= 0.6 is 11.3 Å². The first kappa shape index (κ1) is 16.4. The molecule has 1 amide bonds. The van der Waals surface area contributed by atoms with Crippen LogP contribution in [0.3, 0.4) is 0 Å². The van der Waals surface area contributed by atoms with Gasteiger partial charge in [-0.3, -0.25) is 4.79 Å². The van der Waals surface area contributed by atoms with E-state index in [2.05, 4.69) is 12.2 Å². The van der Waals surface area contributed by atoms with Gasteiger partial charge in [0, 0.05) is 25.1 Å². The largest absolute Gasteiger partial charge is 0.381 e. The summed E-state index contributed by atoms with van der Waals surface area (Å²) in [6.07, 6.45) is 1.80. The highest BCUT2D eigenvalue weighted by Crippen LogP contribution is 2.29. The molecule has 0 aromatic carbocycles. The van der Waals surface area contributed by atoms with Gasteiger partial charge in [0.25, 0.3) is 5.91 Å². The molecule has 0 saturated carbocycles. The molecule has 1 aliphatic rings. The topological polar surface area (TPSA) is 98.5 Å². The molecule has 6 nitrogen and oxygen atoms in total. The van der Waals surface area contributed by atoms with Gasteiger partial charge < -0.3 is 10.1 Å². The van der Waals surface area contributed by atoms with Crippen LogP contribution in [-0.2, 0) is 14.8 Å². The summed E-state index contributed by atoms with van der Waals surface area (Å²) in [5.74, 6) is -0.258. The lowest BCUT2D eigenvalue weighted by Gasteiger charge is -2.33. The molecule has 0 unspecified atom stereocenters. The van der Waals surface area contributed by atoms with E-state index in [1.54, 1.807) is 6.92 Å². The molecule has 1 fully saturated rings. The number of nitrogens with two attached hydrogens (primary N) is 1. The zero-order chi connectivity index (χ0) is 15.7. The van der Waals surface area contributed by atoms with Crippen LogP contribution in [0.15, 0.2) is 9.59 Å². The number of amides is 1. The molecule has 0 bridgehead atoms. The van der Waals surface area contributed by atoms with Gasteiger partial charge in [-0.2, -0.15) is 0 Å². The molecule has 118 valence electrons. The monoisotopic (exact) mass is 332 g/mol. The third-order valence-electron chi connectivity index (χ3n) is 3.87. The number of hydrogen-bond donors (Lipinski definition) is 2. The second-order valence-corrected chi connectivity index (χ2v) is 8.35. The third-order valence-corrected chi connectivity index (χ3v) is 6.56. The summed E-state index contributed by atoms with van der Waals surface area (Å²) in [4.78, 5) is 12.2. The number of sulfonamides is 1. The minimum Gasteiger partial charge on any atom is -0.381 e. The maximum absolute atomic E-state index is 12.2. The fourth-order valence-corrected chi connectivity index (χ4v) is 4.35. The second kappa shape index (κ2) is 6.04. The van der Waals surface area contributed by atoms with Crippen molar-refractivity contribution in [2.45, 2.75) is 30.9 Å². The molecule has 21 heavy (non-hydrogen) atoms. The van der Waals surface area contributed by atoms with Gasteiger partial charge in [-0.25, -0.2) is 13.6 Å². The van der Waals surface area contributed by atoms with Gasteiger partial charge >= 0.3 is 0 Å². The van der Waals surface area contributed by atoms with Gasteiger partial charge in [0.2, 0.25) is 10.0 Å². The molecule has 1 aromatic heterocycles. The fourth-order valence-electron chi connectivity index (χ4n) is 2.33. The smallest absolute Gasteiger partial charge is 0.252 e. The van der Waals surface area contributed by atoms with Gasteiger partial charge in [-0.1, -0.05) is 6.92 Å². The van der Waals surface area contributed by atoms with Crippen molar-refractivity contribution in [3.05, 3.63) is 16.5 Å². The van der Waals surface area contributed by atoms with Gasteiger partial charge in [0.1, 0.15) is 4.21 Å². The summed E-state index contributed by atoms with van der Waals surface area (Å²) in [5, 5.41) is 9.55. The zero-order valence-electron chi connectivity index (χ0n) is 12.1. The van der Waals surface area contributed by atoms with E-state index in [0.717, 1.165) is 24.2 Å². The van der Waals surface area contributed by atoms with Crippen LogP contribution in [0.1, 0.15) is 35.7 Å². The van der Waals surface area contributed by atoms with Gasteiger partial charge in [0.05, 0.1) is 5.56 Å². The summed E-state index contributed by atoms with van der Waals surface area (Å²) in [5.41, 5.74) is 0.817. The Morgan fingerprint density at radius 2 is 2.10 bits per heavy atom. The Hall–Kier alpha value is -0.960. The van der Waals surface area contributed by atoms with E-state index in [0.29, 0.717) is 30.9 Å². The number of primary sulfonamides is 1. The van der Waals surface area contributed by atoms with Crippen LogP contribution in [0.25, 0.3) is 0 Å². The van der Waals surface area contributed by atoms with E-state index in [4.69, 9.17) is 9.88 Å². The van der Waals surface area contributed by atoms with Crippen molar-refractivity contribution < 1.29 is 17.9 Å². The maximum atomic E-state index is 12.2. The number of rotatable bonds is 4. The molecule has 8 heteroatoms. The number of carbonyl (C=O) groups is 1. The van der Waals surface area contributed by atoms with Crippen molar-refractivity contribution >= 4 is 27.3 Å². The van der Waals surface area contributed by atoms with Crippen LogP contribution < -0.4 is 10.5 Å². The van der Waals surface area contributed by atoms with Crippen LogP contribution in [0.2, 0.25) is 0 Å². The lowest BCUT2D eigenvalue weighted by atomic mass is 9.82. The molecule has 1 aliphatic heterocycles. The fraction of sp³-hybridized carbons (Fsp3) is 0.615. The van der Waals surface area contributed by atoms with E-state index >= 15 is 0 Å². The molecular weight excluding hydrogens is 312 g/mol. The quantitative estimate of drug-likeness (QED) is 0.867. The van der Waals surface area contributed by atoms with Crippen molar-refractivity contribution in [1.29, 1.82) is 0 Å². The Kier molecular flexibility index (Phi) is 4.72. The molecule has 0 aliphatic carbocycles. The molecule has 1 saturated heterocycles. The molecule has 1 aromatic rings.